The van der Waals surface area contributed by atoms with E-state index >= 15 is 0 Å². The highest BCUT2D eigenvalue weighted by atomic mass is 32.2. The van der Waals surface area contributed by atoms with Crippen molar-refractivity contribution in [2.45, 2.75) is 12.5 Å². The average Bonchev–Trinajstić information content (AvgIpc) is 2.55. The molecule has 0 amide bonds. The van der Waals surface area contributed by atoms with Crippen LogP contribution < -0.4 is 4.90 Å². The van der Waals surface area contributed by atoms with E-state index in [0.717, 1.165) is 10.7 Å². The molecule has 0 bridgehead atoms. The Morgan fingerprint density at radius 3 is 2.24 bits per heavy atom. The summed E-state index contributed by atoms with van der Waals surface area (Å²) in [6.07, 6.45) is 4.29. The molecule has 0 radical (unpaired) electrons. The predicted octanol–water partition coefficient (Wildman–Crippen LogP) is 4.41. The third-order valence-corrected chi connectivity index (χ3v) is 4.39. The Kier molecular flexibility index (Phi) is 4.11. The molecule has 3 rings (SSSR count). The van der Waals surface area contributed by atoms with Crippen LogP contribution in [0.2, 0.25) is 0 Å². The van der Waals surface area contributed by atoms with Crippen molar-refractivity contribution in [1.82, 2.24) is 0 Å². The molecule has 1 aliphatic heterocycles. The molecule has 106 valence electrons. The SMILES string of the molecule is CSC1=CC(=O)CC(c2ccccc2)N1c1ccccc1. The third kappa shape index (κ3) is 2.88. The van der Waals surface area contributed by atoms with Gasteiger partial charge in [0.15, 0.2) is 5.78 Å². The van der Waals surface area contributed by atoms with E-state index < -0.39 is 0 Å². The van der Waals surface area contributed by atoms with Crippen LogP contribution in [0.5, 0.6) is 0 Å². The summed E-state index contributed by atoms with van der Waals surface area (Å²) in [5.41, 5.74) is 2.30. The van der Waals surface area contributed by atoms with Crippen molar-refractivity contribution in [1.29, 1.82) is 0 Å². The Bertz CT molecular complexity index is 651. The van der Waals surface area contributed by atoms with Gasteiger partial charge in [0.2, 0.25) is 0 Å². The molecule has 0 saturated heterocycles. The summed E-state index contributed by atoms with van der Waals surface area (Å²) in [6, 6.07) is 20.6. The molecule has 1 unspecified atom stereocenters. The summed E-state index contributed by atoms with van der Waals surface area (Å²) in [4.78, 5) is 14.3. The molecule has 0 spiro atoms. The molecule has 0 saturated carbocycles. The number of nitrogens with zero attached hydrogens (tertiary/aromatic N) is 1. The van der Waals surface area contributed by atoms with Crippen molar-refractivity contribution in [3.8, 4) is 0 Å². The fourth-order valence-electron chi connectivity index (χ4n) is 2.70. The van der Waals surface area contributed by atoms with Crippen LogP contribution in [0.4, 0.5) is 5.69 Å². The fourth-order valence-corrected chi connectivity index (χ4v) is 3.38. The number of hydrogen-bond donors (Lipinski definition) is 0. The van der Waals surface area contributed by atoms with E-state index in [2.05, 4.69) is 29.2 Å². The molecule has 2 aromatic rings. The molecule has 3 heteroatoms. The summed E-state index contributed by atoms with van der Waals surface area (Å²) >= 11 is 1.62. The van der Waals surface area contributed by atoms with Gasteiger partial charge in [-0.1, -0.05) is 48.5 Å². The van der Waals surface area contributed by atoms with Crippen LogP contribution in [-0.2, 0) is 4.79 Å². The highest BCUT2D eigenvalue weighted by Gasteiger charge is 2.30. The number of hydrogen-bond acceptors (Lipinski definition) is 3. The first kappa shape index (κ1) is 14.0. The molecule has 21 heavy (non-hydrogen) atoms. The van der Waals surface area contributed by atoms with Gasteiger partial charge >= 0.3 is 0 Å². The van der Waals surface area contributed by atoms with Gasteiger partial charge in [0.05, 0.1) is 11.1 Å². The molecule has 0 N–H and O–H groups in total. The minimum Gasteiger partial charge on any atom is -0.328 e. The average molecular weight is 295 g/mol. The largest absolute Gasteiger partial charge is 0.328 e. The maximum atomic E-state index is 12.1. The number of carbonyl (C=O) groups is 1. The Morgan fingerprint density at radius 2 is 1.62 bits per heavy atom. The van der Waals surface area contributed by atoms with Crippen LogP contribution in [-0.4, -0.2) is 12.0 Å². The van der Waals surface area contributed by atoms with E-state index in [0.29, 0.717) is 6.42 Å². The summed E-state index contributed by atoms with van der Waals surface area (Å²) in [5.74, 6) is 0.195. The number of allylic oxidation sites excluding steroid dienone is 1. The quantitative estimate of drug-likeness (QED) is 0.836. The topological polar surface area (TPSA) is 20.3 Å². The van der Waals surface area contributed by atoms with Gasteiger partial charge in [-0.05, 0) is 24.0 Å². The monoisotopic (exact) mass is 295 g/mol. The minimum atomic E-state index is 0.0635. The first-order chi connectivity index (χ1) is 10.3. The zero-order valence-corrected chi connectivity index (χ0v) is 12.7. The Morgan fingerprint density at radius 1 is 1.00 bits per heavy atom. The standard InChI is InChI=1S/C18H17NOS/c1-21-18-13-16(20)12-17(14-8-4-2-5-9-14)19(18)15-10-6-3-7-11-15/h2-11,13,17H,12H2,1H3. The molecule has 1 aliphatic rings. The molecule has 2 aromatic carbocycles. The second-order valence-corrected chi connectivity index (χ2v) is 5.82. The number of carbonyl (C=O) groups excluding carboxylic acids is 1. The van der Waals surface area contributed by atoms with Crippen molar-refractivity contribution in [2.24, 2.45) is 0 Å². The number of anilines is 1. The van der Waals surface area contributed by atoms with Crippen molar-refractivity contribution < 1.29 is 4.79 Å². The molecular formula is C18H17NOS. The van der Waals surface area contributed by atoms with E-state index in [1.807, 2.05) is 42.7 Å². The van der Waals surface area contributed by atoms with Gasteiger partial charge in [-0.25, -0.2) is 0 Å². The number of para-hydroxylation sites is 1. The normalized spacial score (nSPS) is 18.5. The van der Waals surface area contributed by atoms with E-state index in [4.69, 9.17) is 0 Å². The van der Waals surface area contributed by atoms with Crippen molar-refractivity contribution in [3.05, 3.63) is 77.3 Å². The van der Waals surface area contributed by atoms with E-state index in [9.17, 15) is 4.79 Å². The van der Waals surface area contributed by atoms with Gasteiger partial charge in [-0.3, -0.25) is 4.79 Å². The number of thioether (sulfide) groups is 1. The lowest BCUT2D eigenvalue weighted by Gasteiger charge is -2.37. The second-order valence-electron chi connectivity index (χ2n) is 4.99. The molecule has 1 heterocycles. The summed E-state index contributed by atoms with van der Waals surface area (Å²) in [5, 5.41) is 1.01. The molecule has 0 fully saturated rings. The van der Waals surface area contributed by atoms with Gasteiger partial charge in [0.25, 0.3) is 0 Å². The maximum absolute atomic E-state index is 12.1. The predicted molar refractivity (Wildman–Crippen MR) is 89.3 cm³/mol. The summed E-state index contributed by atoms with van der Waals surface area (Å²) in [7, 11) is 0. The lowest BCUT2D eigenvalue weighted by molar-refractivity contribution is -0.115. The van der Waals surface area contributed by atoms with Crippen LogP contribution in [0.25, 0.3) is 0 Å². The number of rotatable bonds is 3. The summed E-state index contributed by atoms with van der Waals surface area (Å²) in [6.45, 7) is 0. The molecule has 0 aromatic heterocycles. The second kappa shape index (κ2) is 6.19. The number of benzene rings is 2. The first-order valence-corrected chi connectivity index (χ1v) is 8.20. The molecule has 1 atom stereocenters. The van der Waals surface area contributed by atoms with Crippen molar-refractivity contribution >= 4 is 23.2 Å². The van der Waals surface area contributed by atoms with Crippen LogP contribution in [0.1, 0.15) is 18.0 Å². The highest BCUT2D eigenvalue weighted by Crippen LogP contribution is 2.39. The van der Waals surface area contributed by atoms with E-state index in [1.54, 1.807) is 17.8 Å². The maximum Gasteiger partial charge on any atom is 0.160 e. The van der Waals surface area contributed by atoms with Gasteiger partial charge < -0.3 is 4.90 Å². The Hall–Kier alpha value is -2.00. The lowest BCUT2D eigenvalue weighted by atomic mass is 9.96. The Balaban J connectivity index is 2.08. The third-order valence-electron chi connectivity index (χ3n) is 3.66. The zero-order chi connectivity index (χ0) is 14.7. The molecular weight excluding hydrogens is 278 g/mol. The highest BCUT2D eigenvalue weighted by molar-refractivity contribution is 8.02. The minimum absolute atomic E-state index is 0.0635. The van der Waals surface area contributed by atoms with Crippen LogP contribution in [0.15, 0.2) is 71.8 Å². The van der Waals surface area contributed by atoms with Gasteiger partial charge in [-0.15, -0.1) is 11.8 Å². The lowest BCUT2D eigenvalue weighted by Crippen LogP contribution is -2.32. The van der Waals surface area contributed by atoms with Crippen molar-refractivity contribution in [3.63, 3.8) is 0 Å². The van der Waals surface area contributed by atoms with Gasteiger partial charge in [-0.2, -0.15) is 0 Å². The van der Waals surface area contributed by atoms with E-state index in [-0.39, 0.29) is 11.8 Å². The van der Waals surface area contributed by atoms with Crippen LogP contribution >= 0.6 is 11.8 Å². The molecule has 2 nitrogen and oxygen atoms in total. The van der Waals surface area contributed by atoms with Crippen LogP contribution in [0, 0.1) is 0 Å². The molecule has 0 aliphatic carbocycles. The van der Waals surface area contributed by atoms with Gasteiger partial charge in [0.1, 0.15) is 0 Å². The zero-order valence-electron chi connectivity index (χ0n) is 11.9. The van der Waals surface area contributed by atoms with E-state index in [1.165, 1.54) is 5.56 Å². The Labute approximate surface area is 129 Å². The van der Waals surface area contributed by atoms with Crippen LogP contribution in [0.3, 0.4) is 0 Å². The smallest absolute Gasteiger partial charge is 0.160 e. The first-order valence-electron chi connectivity index (χ1n) is 6.97. The summed E-state index contributed by atoms with van der Waals surface area (Å²) < 4.78 is 0. The fraction of sp³-hybridized carbons (Fsp3) is 0.167. The number of ketones is 1. The van der Waals surface area contributed by atoms with Crippen molar-refractivity contribution in [2.75, 3.05) is 11.2 Å². The van der Waals surface area contributed by atoms with Gasteiger partial charge in [0, 0.05) is 18.2 Å².